The molecule has 3 aliphatic heterocycles. The van der Waals surface area contributed by atoms with Crippen molar-refractivity contribution in [2.75, 3.05) is 0 Å². The topological polar surface area (TPSA) is 47.4 Å². The molecule has 0 aliphatic carbocycles. The van der Waals surface area contributed by atoms with Gasteiger partial charge in [0.1, 0.15) is 0 Å². The summed E-state index contributed by atoms with van der Waals surface area (Å²) in [6.07, 6.45) is 3.54. The molecule has 0 unspecified atom stereocenters. The Bertz CT molecular complexity index is 2950. The van der Waals surface area contributed by atoms with Crippen LogP contribution in [0.4, 0.5) is 0 Å². The summed E-state index contributed by atoms with van der Waals surface area (Å²) in [5.74, 6) is 3.19. The van der Waals surface area contributed by atoms with Crippen molar-refractivity contribution >= 4 is 16.9 Å². The molecule has 70 heavy (non-hydrogen) atoms. The van der Waals surface area contributed by atoms with Gasteiger partial charge in [-0.2, -0.15) is 0 Å². The number of aromatic nitrogens is 4. The van der Waals surface area contributed by atoms with E-state index in [0.717, 1.165) is 59.8 Å². The molecule has 0 atom stereocenters. The molecule has 0 bridgehead atoms. The Labute approximate surface area is 418 Å². The van der Waals surface area contributed by atoms with Crippen LogP contribution in [0.25, 0.3) is 0 Å². The van der Waals surface area contributed by atoms with Crippen molar-refractivity contribution in [3.63, 3.8) is 0 Å². The van der Waals surface area contributed by atoms with Gasteiger partial charge in [-0.1, -0.05) is 156 Å². The molecule has 9 heteroatoms. The average molecular weight is 967 g/mol. The zero-order chi connectivity index (χ0) is 49.0. The molecule has 7 nitrogen and oxygen atoms in total. The number of aryl methyl sites for hydroxylation is 4. The number of ether oxygens (including phenoxy) is 1. The van der Waals surface area contributed by atoms with Gasteiger partial charge in [0.15, 0.2) is 23.0 Å². The molecule has 0 saturated carbocycles. The maximum atomic E-state index is 7.81. The van der Waals surface area contributed by atoms with Crippen LogP contribution in [0.2, 0.25) is 0 Å². The van der Waals surface area contributed by atoms with E-state index in [4.69, 9.17) is 13.8 Å². The summed E-state index contributed by atoms with van der Waals surface area (Å²) in [5.41, 5.74) is 16.5. The second kappa shape index (κ2) is 17.2. The first-order valence-corrected chi connectivity index (χ1v) is 27.8. The Morgan fingerprint density at radius 1 is 0.457 bits per heavy atom. The van der Waals surface area contributed by atoms with Crippen LogP contribution >= 0.6 is 16.9 Å². The van der Waals surface area contributed by atoms with Crippen LogP contribution in [0, 0.1) is 0 Å². The van der Waals surface area contributed by atoms with Gasteiger partial charge in [0.2, 0.25) is 0 Å². The van der Waals surface area contributed by atoms with Crippen molar-refractivity contribution in [3.8, 4) is 23.0 Å². The number of nitrogens with zero attached hydrogens (tertiary/aromatic N) is 4. The van der Waals surface area contributed by atoms with Gasteiger partial charge in [0.25, 0.3) is 0 Å². The lowest BCUT2D eigenvalue weighted by atomic mass is 9.72. The number of hydrogen-bond acceptors (Lipinski definition) is 3. The lowest BCUT2D eigenvalue weighted by Crippen LogP contribution is -2.28. The third kappa shape index (κ3) is 7.35. The van der Waals surface area contributed by atoms with Gasteiger partial charge in [-0.05, 0) is 119 Å². The van der Waals surface area contributed by atoms with Crippen LogP contribution in [-0.2, 0) is 41.9 Å². The van der Waals surface area contributed by atoms with Crippen LogP contribution in [-0.4, -0.2) is 17.4 Å². The lowest BCUT2D eigenvalue weighted by molar-refractivity contribution is 0.380. The summed E-state index contributed by atoms with van der Waals surface area (Å²) in [6, 6.07) is 49.8. The van der Waals surface area contributed by atoms with Gasteiger partial charge in [-0.15, -0.1) is 0 Å². The maximum absolute atomic E-state index is 7.81. The van der Waals surface area contributed by atoms with E-state index in [9.17, 15) is 0 Å². The monoisotopic (exact) mass is 966 g/mol. The average Bonchev–Trinajstić information content (AvgIpc) is 4.17. The molecule has 360 valence electrons. The van der Waals surface area contributed by atoms with E-state index in [1.165, 1.54) is 67.8 Å². The molecule has 0 saturated heterocycles. The highest BCUT2D eigenvalue weighted by atomic mass is 31.2. The molecule has 11 rings (SSSR count). The SMILES string of the molecule is CCc1ccc2n1P(Oc1cc(C(C)(C)C)cc3c1Oc1c(OP4n5c(CC)ccc5C(c5ccccc5)c5ccc(CC)n54)cc(C(C)(C)C)cc1C3(C)C)n1c(CC)ccc1C2c1ccccc1. The van der Waals surface area contributed by atoms with E-state index in [0.29, 0.717) is 0 Å². The second-order valence-electron chi connectivity index (χ2n) is 22.0. The summed E-state index contributed by atoms with van der Waals surface area (Å²) in [5, 5.41) is 0. The normalized spacial score (nSPS) is 18.7. The minimum Gasteiger partial charge on any atom is -0.449 e. The van der Waals surface area contributed by atoms with Gasteiger partial charge in [0, 0.05) is 62.1 Å². The van der Waals surface area contributed by atoms with E-state index in [1.54, 1.807) is 0 Å². The van der Waals surface area contributed by atoms with Gasteiger partial charge < -0.3 is 13.8 Å². The molecule has 0 fully saturated rings. The smallest absolute Gasteiger partial charge is 0.318 e. The first-order chi connectivity index (χ1) is 33.6. The lowest BCUT2D eigenvalue weighted by Gasteiger charge is -2.40. The van der Waals surface area contributed by atoms with Gasteiger partial charge >= 0.3 is 16.9 Å². The molecular formula is C61H68N4O3P2. The third-order valence-corrected chi connectivity index (χ3v) is 19.2. The fourth-order valence-electron chi connectivity index (χ4n) is 11.1. The minimum atomic E-state index is -1.44. The van der Waals surface area contributed by atoms with Gasteiger partial charge in [-0.25, -0.2) is 0 Å². The van der Waals surface area contributed by atoms with E-state index >= 15 is 0 Å². The zero-order valence-corrected chi connectivity index (χ0v) is 44.9. The molecule has 8 aromatic rings. The van der Waals surface area contributed by atoms with Crippen LogP contribution in [0.1, 0.15) is 174 Å². The summed E-state index contributed by atoms with van der Waals surface area (Å²) in [4.78, 5) is 0. The maximum Gasteiger partial charge on any atom is 0.318 e. The van der Waals surface area contributed by atoms with E-state index in [-0.39, 0.29) is 22.7 Å². The molecule has 0 amide bonds. The Hall–Kier alpha value is -5.74. The van der Waals surface area contributed by atoms with Crippen molar-refractivity contribution in [1.82, 2.24) is 17.4 Å². The molecular weight excluding hydrogens is 899 g/mol. The van der Waals surface area contributed by atoms with Crippen LogP contribution in [0.3, 0.4) is 0 Å². The largest absolute Gasteiger partial charge is 0.449 e. The number of benzene rings is 4. The molecule has 0 spiro atoms. The van der Waals surface area contributed by atoms with E-state index in [2.05, 4.69) is 234 Å². The molecule has 3 aliphatic rings. The van der Waals surface area contributed by atoms with E-state index in [1.807, 2.05) is 0 Å². The van der Waals surface area contributed by atoms with Gasteiger partial charge in [0.05, 0.1) is 11.8 Å². The van der Waals surface area contributed by atoms with Crippen LogP contribution < -0.4 is 13.8 Å². The number of rotatable bonds is 10. The Morgan fingerprint density at radius 2 is 0.771 bits per heavy atom. The highest BCUT2D eigenvalue weighted by Crippen LogP contribution is 2.63. The highest BCUT2D eigenvalue weighted by molar-refractivity contribution is 7.50. The second-order valence-corrected chi connectivity index (χ2v) is 24.9. The van der Waals surface area contributed by atoms with Crippen molar-refractivity contribution in [3.05, 3.63) is 212 Å². The number of hydrogen-bond donors (Lipinski definition) is 0. The third-order valence-electron chi connectivity index (χ3n) is 15.2. The van der Waals surface area contributed by atoms with Crippen LogP contribution in [0.15, 0.2) is 133 Å². The number of fused-ring (bicyclic) bond motifs is 6. The summed E-state index contributed by atoms with van der Waals surface area (Å²) < 4.78 is 33.3. The first-order valence-electron chi connectivity index (χ1n) is 25.5. The molecule has 0 N–H and O–H groups in total. The quantitative estimate of drug-likeness (QED) is 0.128. The summed E-state index contributed by atoms with van der Waals surface area (Å²) in [7, 11) is -2.89. The first kappa shape index (κ1) is 46.6. The standard InChI is InChI=1S/C61H68N4O3P2/c1-13-43-27-31-49-55(39-23-19-17-20-24-39)50-32-28-44(14-2)63(50)69(62(43)49)67-53-37-41(59(5,6)7)35-47-57(53)66-58-48(61(47,11)12)36-42(60(8,9)10)38-54(58)68-70-64-45(15-3)29-33-51(64)56(40-25-21-18-22-26-40)52-34-30-46(16-4)65(52)70/h17-38,55-56H,13-16H2,1-12H3. The van der Waals surface area contributed by atoms with Crippen LogP contribution in [0.5, 0.6) is 23.0 Å². The van der Waals surface area contributed by atoms with Gasteiger partial charge in [-0.3, -0.25) is 17.4 Å². The summed E-state index contributed by atoms with van der Waals surface area (Å²) >= 11 is 0. The zero-order valence-electron chi connectivity index (χ0n) is 43.1. The predicted octanol–water partition coefficient (Wildman–Crippen LogP) is 16.6. The van der Waals surface area contributed by atoms with Crippen molar-refractivity contribution in [2.24, 2.45) is 0 Å². The molecule has 7 heterocycles. The molecule has 4 aromatic carbocycles. The predicted molar refractivity (Wildman–Crippen MR) is 289 cm³/mol. The fourth-order valence-corrected chi connectivity index (χ4v) is 15.7. The Kier molecular flexibility index (Phi) is 11.5. The fraction of sp³-hybridized carbons (Fsp3) is 0.344. The molecule has 0 radical (unpaired) electrons. The van der Waals surface area contributed by atoms with E-state index < -0.39 is 22.3 Å². The summed E-state index contributed by atoms with van der Waals surface area (Å²) in [6.45, 7) is 27.6. The van der Waals surface area contributed by atoms with Crippen molar-refractivity contribution in [2.45, 2.75) is 137 Å². The Balaban J connectivity index is 1.10. The minimum absolute atomic E-state index is 0.0746. The molecule has 4 aromatic heterocycles. The Morgan fingerprint density at radius 3 is 1.06 bits per heavy atom. The van der Waals surface area contributed by atoms with Crippen molar-refractivity contribution in [1.29, 1.82) is 0 Å². The highest BCUT2D eigenvalue weighted by Gasteiger charge is 2.45. The van der Waals surface area contributed by atoms with Crippen molar-refractivity contribution < 1.29 is 13.8 Å².